The van der Waals surface area contributed by atoms with Crippen molar-refractivity contribution >= 4 is 15.8 Å². The van der Waals surface area contributed by atoms with Gasteiger partial charge in [-0.05, 0) is 31.7 Å². The molecule has 21 heavy (non-hydrogen) atoms. The predicted molar refractivity (Wildman–Crippen MR) is 86.9 cm³/mol. The van der Waals surface area contributed by atoms with E-state index in [-0.39, 0.29) is 10.9 Å². The van der Waals surface area contributed by atoms with Crippen LogP contribution in [0.1, 0.15) is 47.0 Å². The third-order valence-corrected chi connectivity index (χ3v) is 4.99. The minimum atomic E-state index is -3.49. The van der Waals surface area contributed by atoms with Crippen molar-refractivity contribution in [2.24, 2.45) is 5.92 Å². The van der Waals surface area contributed by atoms with Gasteiger partial charge in [-0.25, -0.2) is 18.1 Å². The number of anilines is 1. The lowest BCUT2D eigenvalue weighted by Crippen LogP contribution is -2.33. The lowest BCUT2D eigenvalue weighted by molar-refractivity contribution is 0.445. The minimum Gasteiger partial charge on any atom is -0.370 e. The average molecular weight is 313 g/mol. The fourth-order valence-corrected chi connectivity index (χ4v) is 3.35. The number of hydrogen-bond acceptors (Lipinski definition) is 4. The molecule has 0 fully saturated rings. The van der Waals surface area contributed by atoms with Gasteiger partial charge in [0.1, 0.15) is 5.82 Å². The standard InChI is InChI=1S/C15H27N3O2S/c1-5-8-16-15-11-14(7-9-17-15)21(19,20)18-13(4)10-12(3)6-2/h7,9,11-13,18H,5-6,8,10H2,1-4H3,(H,16,17). The Morgan fingerprint density at radius 1 is 1.29 bits per heavy atom. The van der Waals surface area contributed by atoms with Crippen molar-refractivity contribution in [2.75, 3.05) is 11.9 Å². The highest BCUT2D eigenvalue weighted by molar-refractivity contribution is 7.89. The Hall–Kier alpha value is -1.14. The molecule has 0 radical (unpaired) electrons. The molecule has 0 aromatic carbocycles. The molecule has 0 aliphatic heterocycles. The molecule has 0 amide bonds. The number of aromatic nitrogens is 1. The van der Waals surface area contributed by atoms with Crippen molar-refractivity contribution in [3.8, 4) is 0 Å². The molecule has 0 saturated heterocycles. The van der Waals surface area contributed by atoms with Crippen LogP contribution in [0.15, 0.2) is 23.2 Å². The van der Waals surface area contributed by atoms with Crippen molar-refractivity contribution in [1.29, 1.82) is 0 Å². The number of nitrogens with one attached hydrogen (secondary N) is 2. The molecule has 0 spiro atoms. The van der Waals surface area contributed by atoms with Crippen LogP contribution in [0, 0.1) is 5.92 Å². The molecule has 0 aliphatic rings. The largest absolute Gasteiger partial charge is 0.370 e. The summed E-state index contributed by atoms with van der Waals surface area (Å²) in [5.74, 6) is 1.09. The van der Waals surface area contributed by atoms with Crippen LogP contribution in [0.25, 0.3) is 0 Å². The second-order valence-electron chi connectivity index (χ2n) is 5.58. The summed E-state index contributed by atoms with van der Waals surface area (Å²) in [6.45, 7) is 8.96. The van der Waals surface area contributed by atoms with Gasteiger partial charge in [0, 0.05) is 24.8 Å². The van der Waals surface area contributed by atoms with E-state index in [1.807, 2.05) is 13.8 Å². The minimum absolute atomic E-state index is 0.0785. The fourth-order valence-electron chi connectivity index (χ4n) is 2.08. The second kappa shape index (κ2) is 8.34. The van der Waals surface area contributed by atoms with Gasteiger partial charge in [-0.3, -0.25) is 0 Å². The number of nitrogens with zero attached hydrogens (tertiary/aromatic N) is 1. The molecule has 120 valence electrons. The van der Waals surface area contributed by atoms with Crippen molar-refractivity contribution in [3.63, 3.8) is 0 Å². The van der Waals surface area contributed by atoms with Crippen LogP contribution >= 0.6 is 0 Å². The molecule has 1 aromatic heterocycles. The average Bonchev–Trinajstić information content (AvgIpc) is 2.44. The van der Waals surface area contributed by atoms with E-state index >= 15 is 0 Å². The lowest BCUT2D eigenvalue weighted by atomic mass is 10.0. The van der Waals surface area contributed by atoms with E-state index in [1.165, 1.54) is 12.3 Å². The van der Waals surface area contributed by atoms with Crippen LogP contribution in [0.5, 0.6) is 0 Å². The Morgan fingerprint density at radius 2 is 2.00 bits per heavy atom. The van der Waals surface area contributed by atoms with Gasteiger partial charge in [0.05, 0.1) is 4.90 Å². The zero-order chi connectivity index (χ0) is 15.9. The summed E-state index contributed by atoms with van der Waals surface area (Å²) in [6, 6.07) is 3.02. The Kier molecular flexibility index (Phi) is 7.11. The third-order valence-electron chi connectivity index (χ3n) is 3.41. The third kappa shape index (κ3) is 6.01. The molecule has 5 nitrogen and oxygen atoms in total. The Labute approximate surface area is 128 Å². The van der Waals surface area contributed by atoms with Crippen LogP contribution in [-0.4, -0.2) is 26.0 Å². The summed E-state index contributed by atoms with van der Waals surface area (Å²) in [5, 5.41) is 3.10. The molecule has 1 aromatic rings. The number of hydrogen-bond donors (Lipinski definition) is 2. The molecule has 0 aliphatic carbocycles. The molecular formula is C15H27N3O2S. The number of pyridine rings is 1. The van der Waals surface area contributed by atoms with Crippen molar-refractivity contribution in [1.82, 2.24) is 9.71 Å². The Morgan fingerprint density at radius 3 is 2.62 bits per heavy atom. The van der Waals surface area contributed by atoms with Crippen LogP contribution in [0.2, 0.25) is 0 Å². The molecule has 6 heteroatoms. The normalized spacial score (nSPS) is 14.7. The van der Waals surface area contributed by atoms with Crippen LogP contribution < -0.4 is 10.0 Å². The Balaban J connectivity index is 2.77. The lowest BCUT2D eigenvalue weighted by Gasteiger charge is -2.17. The zero-order valence-electron chi connectivity index (χ0n) is 13.4. The van der Waals surface area contributed by atoms with Gasteiger partial charge in [0.2, 0.25) is 10.0 Å². The van der Waals surface area contributed by atoms with Crippen molar-refractivity contribution in [3.05, 3.63) is 18.3 Å². The first-order valence-electron chi connectivity index (χ1n) is 7.61. The van der Waals surface area contributed by atoms with Gasteiger partial charge < -0.3 is 5.32 Å². The molecule has 0 bridgehead atoms. The van der Waals surface area contributed by atoms with E-state index < -0.39 is 10.0 Å². The Bertz CT molecular complexity index is 531. The number of sulfonamides is 1. The first-order chi connectivity index (χ1) is 9.89. The SMILES string of the molecule is CCCNc1cc(S(=O)(=O)NC(C)CC(C)CC)ccn1. The fraction of sp³-hybridized carbons (Fsp3) is 0.667. The quantitative estimate of drug-likeness (QED) is 0.735. The smallest absolute Gasteiger partial charge is 0.240 e. The number of rotatable bonds is 9. The molecule has 1 heterocycles. The van der Waals surface area contributed by atoms with Gasteiger partial charge in [0.15, 0.2) is 0 Å². The van der Waals surface area contributed by atoms with Crippen molar-refractivity contribution < 1.29 is 8.42 Å². The van der Waals surface area contributed by atoms with Gasteiger partial charge in [0.25, 0.3) is 0 Å². The van der Waals surface area contributed by atoms with E-state index in [0.717, 1.165) is 25.8 Å². The summed E-state index contributed by atoms with van der Waals surface area (Å²) < 4.78 is 27.5. The van der Waals surface area contributed by atoms with Gasteiger partial charge in [-0.1, -0.05) is 27.2 Å². The molecule has 2 unspecified atom stereocenters. The summed E-state index contributed by atoms with van der Waals surface area (Å²) >= 11 is 0. The van der Waals surface area contributed by atoms with E-state index in [2.05, 4.69) is 28.9 Å². The topological polar surface area (TPSA) is 71.1 Å². The highest BCUT2D eigenvalue weighted by Crippen LogP contribution is 2.15. The van der Waals surface area contributed by atoms with E-state index in [4.69, 9.17) is 0 Å². The van der Waals surface area contributed by atoms with Gasteiger partial charge in [-0.15, -0.1) is 0 Å². The molecule has 1 rings (SSSR count). The van der Waals surface area contributed by atoms with Crippen LogP contribution in [-0.2, 0) is 10.0 Å². The zero-order valence-corrected chi connectivity index (χ0v) is 14.2. The monoisotopic (exact) mass is 313 g/mol. The first kappa shape index (κ1) is 17.9. The van der Waals surface area contributed by atoms with E-state index in [1.54, 1.807) is 6.07 Å². The van der Waals surface area contributed by atoms with E-state index in [9.17, 15) is 8.42 Å². The van der Waals surface area contributed by atoms with Crippen LogP contribution in [0.3, 0.4) is 0 Å². The summed E-state index contributed by atoms with van der Waals surface area (Å²) in [5.41, 5.74) is 0. The van der Waals surface area contributed by atoms with E-state index in [0.29, 0.717) is 11.7 Å². The highest BCUT2D eigenvalue weighted by atomic mass is 32.2. The summed E-state index contributed by atoms with van der Waals surface area (Å²) in [4.78, 5) is 4.38. The first-order valence-corrected chi connectivity index (χ1v) is 9.09. The molecule has 2 atom stereocenters. The predicted octanol–water partition coefficient (Wildman–Crippen LogP) is 3.01. The molecular weight excluding hydrogens is 286 g/mol. The maximum absolute atomic E-state index is 12.4. The van der Waals surface area contributed by atoms with Gasteiger partial charge >= 0.3 is 0 Å². The summed E-state index contributed by atoms with van der Waals surface area (Å²) in [6.07, 6.45) is 4.36. The van der Waals surface area contributed by atoms with Crippen molar-refractivity contribution in [2.45, 2.75) is 57.9 Å². The summed E-state index contributed by atoms with van der Waals surface area (Å²) in [7, 11) is -3.49. The molecule has 2 N–H and O–H groups in total. The van der Waals surface area contributed by atoms with Gasteiger partial charge in [-0.2, -0.15) is 0 Å². The highest BCUT2D eigenvalue weighted by Gasteiger charge is 2.19. The molecule has 0 saturated carbocycles. The second-order valence-corrected chi connectivity index (χ2v) is 7.29. The van der Waals surface area contributed by atoms with Crippen LogP contribution in [0.4, 0.5) is 5.82 Å². The maximum atomic E-state index is 12.4. The maximum Gasteiger partial charge on any atom is 0.240 e.